The molecule has 4 nitrogen and oxygen atoms in total. The summed E-state index contributed by atoms with van der Waals surface area (Å²) in [6.07, 6.45) is 3.25. The molecular formula is C29H30O4. The van der Waals surface area contributed by atoms with Crippen LogP contribution >= 0.6 is 0 Å². The number of phenols is 1. The van der Waals surface area contributed by atoms with Crippen molar-refractivity contribution in [3.63, 3.8) is 0 Å². The Labute approximate surface area is 194 Å². The molecule has 0 amide bonds. The van der Waals surface area contributed by atoms with Gasteiger partial charge in [-0.15, -0.1) is 0 Å². The Morgan fingerprint density at radius 1 is 0.879 bits per heavy atom. The van der Waals surface area contributed by atoms with Gasteiger partial charge in [0.05, 0.1) is 0 Å². The van der Waals surface area contributed by atoms with Crippen LogP contribution < -0.4 is 0 Å². The number of aromatic carboxylic acids is 1. The van der Waals surface area contributed by atoms with Crippen molar-refractivity contribution >= 4 is 11.8 Å². The first kappa shape index (κ1) is 22.8. The summed E-state index contributed by atoms with van der Waals surface area (Å²) in [5, 5.41) is 19.7. The van der Waals surface area contributed by atoms with E-state index >= 15 is 0 Å². The highest BCUT2D eigenvalue weighted by Crippen LogP contribution is 2.63. The summed E-state index contributed by atoms with van der Waals surface area (Å²) >= 11 is 0. The smallest absolute Gasteiger partial charge is 0.339 e. The summed E-state index contributed by atoms with van der Waals surface area (Å²) in [6.45, 7) is 6.67. The number of carbonyl (C=O) groups is 2. The number of benzene rings is 3. The van der Waals surface area contributed by atoms with Gasteiger partial charge in [-0.1, -0.05) is 87.5 Å². The number of Topliss-reactive ketones (excluding diaryl/α,β-unsaturated/α-hetero) is 1. The van der Waals surface area contributed by atoms with Crippen LogP contribution in [0.5, 0.6) is 5.75 Å². The van der Waals surface area contributed by atoms with E-state index in [1.807, 2.05) is 60.7 Å². The summed E-state index contributed by atoms with van der Waals surface area (Å²) in [4.78, 5) is 22.9. The molecule has 0 aromatic heterocycles. The molecule has 2 N–H and O–H groups in total. The van der Waals surface area contributed by atoms with Crippen LogP contribution in [0.1, 0.15) is 50.4 Å². The van der Waals surface area contributed by atoms with Gasteiger partial charge in [-0.05, 0) is 46.9 Å². The summed E-state index contributed by atoms with van der Waals surface area (Å²) < 4.78 is 0. The first-order chi connectivity index (χ1) is 15.7. The van der Waals surface area contributed by atoms with E-state index < -0.39 is 5.97 Å². The highest BCUT2D eigenvalue weighted by Gasteiger charge is 2.61. The standard InChI is InChI=1S/C19H14O3.C10H16O/c20-18-16(19(21)22)12-11-15(13-7-3-1-4-8-13)17(18)14-9-5-2-6-10-14;1-9(2)7-4-5-10(9,3)8(11)6-7/h1-12,20H,(H,21,22);7H,4-6H2,1-3H3. The molecule has 5 rings (SSSR count). The summed E-state index contributed by atoms with van der Waals surface area (Å²) in [5.41, 5.74) is 3.25. The number of hydrogen-bond acceptors (Lipinski definition) is 3. The minimum atomic E-state index is -1.14. The van der Waals surface area contributed by atoms with Crippen LogP contribution in [0.3, 0.4) is 0 Å². The number of carbonyl (C=O) groups excluding carboxylic acids is 1. The predicted molar refractivity (Wildman–Crippen MR) is 130 cm³/mol. The molecule has 3 aromatic carbocycles. The molecule has 33 heavy (non-hydrogen) atoms. The van der Waals surface area contributed by atoms with Gasteiger partial charge in [-0.2, -0.15) is 0 Å². The summed E-state index contributed by atoms with van der Waals surface area (Å²) in [7, 11) is 0. The first-order valence-corrected chi connectivity index (χ1v) is 11.4. The molecule has 2 bridgehead atoms. The van der Waals surface area contributed by atoms with Gasteiger partial charge in [0.15, 0.2) is 0 Å². The molecule has 2 atom stereocenters. The Balaban J connectivity index is 0.000000196. The lowest BCUT2D eigenvalue weighted by atomic mass is 9.70. The molecule has 0 aliphatic heterocycles. The van der Waals surface area contributed by atoms with Crippen molar-refractivity contribution in [2.24, 2.45) is 16.7 Å². The second kappa shape index (κ2) is 8.51. The van der Waals surface area contributed by atoms with E-state index in [4.69, 9.17) is 0 Å². The van der Waals surface area contributed by atoms with Gasteiger partial charge in [0.1, 0.15) is 17.1 Å². The number of carboxylic acids is 1. The first-order valence-electron chi connectivity index (χ1n) is 11.4. The van der Waals surface area contributed by atoms with Crippen LogP contribution in [0.25, 0.3) is 22.3 Å². The molecule has 2 aliphatic carbocycles. The lowest BCUT2D eigenvalue weighted by molar-refractivity contribution is -0.128. The van der Waals surface area contributed by atoms with Gasteiger partial charge in [0, 0.05) is 17.4 Å². The van der Waals surface area contributed by atoms with Crippen molar-refractivity contribution < 1.29 is 19.8 Å². The predicted octanol–water partition coefficient (Wildman–Crippen LogP) is 6.83. The fourth-order valence-corrected chi connectivity index (χ4v) is 5.42. The minimum absolute atomic E-state index is 0.0255. The van der Waals surface area contributed by atoms with Crippen LogP contribution in [-0.4, -0.2) is 22.0 Å². The van der Waals surface area contributed by atoms with Crippen molar-refractivity contribution in [3.8, 4) is 28.0 Å². The fraction of sp³-hybridized carbons (Fsp3) is 0.310. The number of rotatable bonds is 3. The SMILES string of the molecule is CC12CCC(CC1=O)C2(C)C.O=C(O)c1ccc(-c2ccccc2)c(-c2ccccc2)c1O. The van der Waals surface area contributed by atoms with Crippen molar-refractivity contribution in [1.82, 2.24) is 0 Å². The average molecular weight is 443 g/mol. The second-order valence-corrected chi connectivity index (χ2v) is 9.84. The molecule has 0 saturated heterocycles. The maximum absolute atomic E-state index is 11.6. The fourth-order valence-electron chi connectivity index (χ4n) is 5.42. The van der Waals surface area contributed by atoms with Crippen molar-refractivity contribution in [2.75, 3.05) is 0 Å². The molecule has 3 aromatic rings. The Morgan fingerprint density at radius 3 is 1.88 bits per heavy atom. The number of ketones is 1. The van der Waals surface area contributed by atoms with E-state index in [-0.39, 0.29) is 22.1 Å². The zero-order valence-corrected chi connectivity index (χ0v) is 19.3. The highest BCUT2D eigenvalue weighted by molar-refractivity contribution is 5.98. The summed E-state index contributed by atoms with van der Waals surface area (Å²) in [6, 6.07) is 22.1. The number of fused-ring (bicyclic) bond motifs is 2. The third-order valence-electron chi connectivity index (χ3n) is 8.04. The molecule has 2 unspecified atom stereocenters. The topological polar surface area (TPSA) is 74.6 Å². The maximum Gasteiger partial charge on any atom is 0.339 e. The monoisotopic (exact) mass is 442 g/mol. The lowest BCUT2D eigenvalue weighted by Crippen LogP contribution is -2.32. The van der Waals surface area contributed by atoms with Gasteiger partial charge in [0.25, 0.3) is 0 Å². The zero-order valence-electron chi connectivity index (χ0n) is 19.3. The summed E-state index contributed by atoms with van der Waals surface area (Å²) in [5.74, 6) is -0.159. The quantitative estimate of drug-likeness (QED) is 0.466. The maximum atomic E-state index is 11.6. The molecule has 0 spiro atoms. The molecule has 0 radical (unpaired) electrons. The van der Waals surface area contributed by atoms with Crippen molar-refractivity contribution in [2.45, 2.75) is 40.0 Å². The number of carboxylic acid groups (broad SMARTS) is 1. The van der Waals surface area contributed by atoms with Crippen molar-refractivity contribution in [1.29, 1.82) is 0 Å². The average Bonchev–Trinajstić information content (AvgIpc) is 3.13. The Hall–Kier alpha value is -3.40. The molecule has 2 aliphatic rings. The van der Waals surface area contributed by atoms with Crippen molar-refractivity contribution in [3.05, 3.63) is 78.4 Å². The van der Waals surface area contributed by atoms with Crippen LogP contribution in [0, 0.1) is 16.7 Å². The largest absolute Gasteiger partial charge is 0.506 e. The van der Waals surface area contributed by atoms with E-state index in [2.05, 4.69) is 20.8 Å². The third-order valence-corrected chi connectivity index (χ3v) is 8.04. The van der Waals surface area contributed by atoms with Gasteiger partial charge in [-0.3, -0.25) is 4.79 Å². The van der Waals surface area contributed by atoms with E-state index in [1.54, 1.807) is 6.07 Å². The molecule has 4 heteroatoms. The van der Waals surface area contributed by atoms with Crippen LogP contribution in [-0.2, 0) is 4.79 Å². The van der Waals surface area contributed by atoms with E-state index in [1.165, 1.54) is 12.5 Å². The Kier molecular flexibility index (Phi) is 5.87. The van der Waals surface area contributed by atoms with Gasteiger partial charge >= 0.3 is 5.97 Å². The highest BCUT2D eigenvalue weighted by atomic mass is 16.4. The van der Waals surface area contributed by atoms with E-state index in [0.29, 0.717) is 17.3 Å². The number of aromatic hydroxyl groups is 1. The Bertz CT molecular complexity index is 1180. The Morgan fingerprint density at radius 2 is 1.45 bits per heavy atom. The van der Waals surface area contributed by atoms with Crippen LogP contribution in [0.2, 0.25) is 0 Å². The van der Waals surface area contributed by atoms with Crippen LogP contribution in [0.15, 0.2) is 72.8 Å². The molecule has 170 valence electrons. The zero-order chi connectivity index (χ0) is 23.8. The van der Waals surface area contributed by atoms with Gasteiger partial charge < -0.3 is 10.2 Å². The van der Waals surface area contributed by atoms with E-state index in [9.17, 15) is 19.8 Å². The van der Waals surface area contributed by atoms with Gasteiger partial charge in [-0.25, -0.2) is 4.79 Å². The third kappa shape index (κ3) is 3.84. The second-order valence-electron chi connectivity index (χ2n) is 9.84. The normalized spacial score (nSPS) is 22.5. The van der Waals surface area contributed by atoms with Gasteiger partial charge in [0.2, 0.25) is 0 Å². The molecule has 2 saturated carbocycles. The van der Waals surface area contributed by atoms with E-state index in [0.717, 1.165) is 29.5 Å². The van der Waals surface area contributed by atoms with Crippen LogP contribution in [0.4, 0.5) is 0 Å². The molecular weight excluding hydrogens is 412 g/mol. The molecule has 2 fully saturated rings. The lowest BCUT2D eigenvalue weighted by Gasteiger charge is -2.32. The minimum Gasteiger partial charge on any atom is -0.506 e. The molecule has 0 heterocycles. The number of hydrogen-bond donors (Lipinski definition) is 2.